The van der Waals surface area contributed by atoms with Gasteiger partial charge in [0.2, 0.25) is 0 Å². The first-order valence-corrected chi connectivity index (χ1v) is 5.40. The van der Waals surface area contributed by atoms with Gasteiger partial charge in [0.05, 0.1) is 5.56 Å². The summed E-state index contributed by atoms with van der Waals surface area (Å²) in [5.74, 6) is -0.415. The molecule has 0 aliphatic heterocycles. The van der Waals surface area contributed by atoms with E-state index in [1.807, 2.05) is 0 Å². The maximum atomic E-state index is 12.8. The highest BCUT2D eigenvalue weighted by atomic mass is 19.4. The van der Waals surface area contributed by atoms with Gasteiger partial charge in [-0.15, -0.1) is 0 Å². The van der Waals surface area contributed by atoms with Crippen LogP contribution in [-0.2, 0) is 6.18 Å². The van der Waals surface area contributed by atoms with Crippen molar-refractivity contribution < 1.29 is 18.0 Å². The zero-order chi connectivity index (χ0) is 13.3. The number of aromatic nitrogens is 1. The molecule has 2 N–H and O–H groups in total. The van der Waals surface area contributed by atoms with Crippen LogP contribution in [-0.4, -0.2) is 17.4 Å². The number of nitrogens with one attached hydrogen (secondary N) is 2. The van der Waals surface area contributed by atoms with Crippen molar-refractivity contribution in [3.63, 3.8) is 0 Å². The van der Waals surface area contributed by atoms with E-state index >= 15 is 0 Å². The first-order valence-electron chi connectivity index (χ1n) is 5.40. The van der Waals surface area contributed by atoms with E-state index in [0.29, 0.717) is 12.1 Å². The first kappa shape index (κ1) is 12.5. The normalized spacial score (nSPS) is 11.8. The van der Waals surface area contributed by atoms with E-state index in [1.54, 1.807) is 6.92 Å². The zero-order valence-electron chi connectivity index (χ0n) is 9.56. The summed E-state index contributed by atoms with van der Waals surface area (Å²) in [5, 5.41) is 2.54. The molecule has 0 saturated heterocycles. The van der Waals surface area contributed by atoms with Crippen molar-refractivity contribution in [2.45, 2.75) is 13.1 Å². The summed E-state index contributed by atoms with van der Waals surface area (Å²) in [6, 6.07) is 5.04. The number of hydrogen-bond donors (Lipinski definition) is 2. The van der Waals surface area contributed by atoms with Crippen molar-refractivity contribution in [2.24, 2.45) is 0 Å². The van der Waals surface area contributed by atoms with E-state index < -0.39 is 17.6 Å². The topological polar surface area (TPSA) is 44.9 Å². The first-order chi connectivity index (χ1) is 8.43. The number of rotatable bonds is 2. The third-order valence-electron chi connectivity index (χ3n) is 2.55. The van der Waals surface area contributed by atoms with Gasteiger partial charge in [-0.25, -0.2) is 0 Å². The minimum Gasteiger partial charge on any atom is -0.351 e. The highest BCUT2D eigenvalue weighted by Crippen LogP contribution is 2.34. The number of aromatic amines is 1. The van der Waals surface area contributed by atoms with Gasteiger partial charge in [-0.05, 0) is 25.1 Å². The fourth-order valence-corrected chi connectivity index (χ4v) is 1.78. The van der Waals surface area contributed by atoms with Gasteiger partial charge in [0.15, 0.2) is 0 Å². The van der Waals surface area contributed by atoms with E-state index in [0.717, 1.165) is 6.07 Å². The van der Waals surface area contributed by atoms with E-state index in [1.165, 1.54) is 18.2 Å². The fraction of sp³-hybridized carbons (Fsp3) is 0.250. The highest BCUT2D eigenvalue weighted by molar-refractivity contribution is 5.98. The Morgan fingerprint density at radius 2 is 2.11 bits per heavy atom. The van der Waals surface area contributed by atoms with Gasteiger partial charge in [0.25, 0.3) is 5.91 Å². The van der Waals surface area contributed by atoms with Crippen LogP contribution in [0.2, 0.25) is 0 Å². The SMILES string of the molecule is CCNC(=O)c1cc2c(C(F)(F)F)cccc2[nH]1. The number of carbonyl (C=O) groups excluding carboxylic acids is 1. The van der Waals surface area contributed by atoms with Crippen LogP contribution in [0.25, 0.3) is 10.9 Å². The molecule has 1 aromatic heterocycles. The molecular weight excluding hydrogens is 245 g/mol. The Morgan fingerprint density at radius 1 is 1.39 bits per heavy atom. The number of alkyl halides is 3. The second-order valence-electron chi connectivity index (χ2n) is 3.81. The summed E-state index contributed by atoms with van der Waals surface area (Å²) < 4.78 is 38.3. The molecule has 6 heteroatoms. The lowest BCUT2D eigenvalue weighted by molar-refractivity contribution is -0.136. The lowest BCUT2D eigenvalue weighted by atomic mass is 10.1. The molecule has 0 saturated carbocycles. The number of hydrogen-bond acceptors (Lipinski definition) is 1. The van der Waals surface area contributed by atoms with Crippen LogP contribution < -0.4 is 5.32 Å². The van der Waals surface area contributed by atoms with Crippen LogP contribution >= 0.6 is 0 Å². The molecule has 18 heavy (non-hydrogen) atoms. The van der Waals surface area contributed by atoms with Crippen molar-refractivity contribution >= 4 is 16.8 Å². The second kappa shape index (κ2) is 4.36. The smallest absolute Gasteiger partial charge is 0.351 e. The van der Waals surface area contributed by atoms with Gasteiger partial charge in [-0.3, -0.25) is 4.79 Å². The molecule has 0 spiro atoms. The average molecular weight is 256 g/mol. The van der Waals surface area contributed by atoms with Crippen LogP contribution in [0.5, 0.6) is 0 Å². The predicted octanol–water partition coefficient (Wildman–Crippen LogP) is 2.94. The highest BCUT2D eigenvalue weighted by Gasteiger charge is 2.33. The molecule has 0 unspecified atom stereocenters. The Balaban J connectivity index is 2.55. The van der Waals surface area contributed by atoms with E-state index in [4.69, 9.17) is 0 Å². The molecule has 2 rings (SSSR count). The summed E-state index contributed by atoms with van der Waals surface area (Å²) in [4.78, 5) is 14.2. The lowest BCUT2D eigenvalue weighted by Crippen LogP contribution is -2.22. The van der Waals surface area contributed by atoms with E-state index in [9.17, 15) is 18.0 Å². The van der Waals surface area contributed by atoms with Crippen LogP contribution in [0.3, 0.4) is 0 Å². The summed E-state index contributed by atoms with van der Waals surface area (Å²) in [6.07, 6.45) is -4.43. The van der Waals surface area contributed by atoms with Gasteiger partial charge in [0.1, 0.15) is 5.69 Å². The molecule has 0 radical (unpaired) electrons. The van der Waals surface area contributed by atoms with Gasteiger partial charge < -0.3 is 10.3 Å². The summed E-state index contributed by atoms with van der Waals surface area (Å²) in [6.45, 7) is 2.15. The van der Waals surface area contributed by atoms with Crippen LogP contribution in [0, 0.1) is 0 Å². The van der Waals surface area contributed by atoms with Crippen molar-refractivity contribution in [1.82, 2.24) is 10.3 Å². The van der Waals surface area contributed by atoms with Gasteiger partial charge in [-0.1, -0.05) is 6.07 Å². The third kappa shape index (κ3) is 2.18. The predicted molar refractivity (Wildman–Crippen MR) is 61.3 cm³/mol. The average Bonchev–Trinajstić information content (AvgIpc) is 2.71. The number of H-pyrrole nitrogens is 1. The summed E-state index contributed by atoms with van der Waals surface area (Å²) >= 11 is 0. The zero-order valence-corrected chi connectivity index (χ0v) is 9.56. The van der Waals surface area contributed by atoms with E-state index in [-0.39, 0.29) is 11.1 Å². The molecule has 96 valence electrons. The summed E-state index contributed by atoms with van der Waals surface area (Å²) in [7, 11) is 0. The monoisotopic (exact) mass is 256 g/mol. The Labute approximate surface area is 101 Å². The standard InChI is InChI=1S/C12H11F3N2O/c1-2-16-11(18)10-6-7-8(12(13,14)15)4-3-5-9(7)17-10/h3-6,17H,2H2,1H3,(H,16,18). The second-order valence-corrected chi connectivity index (χ2v) is 3.81. The molecule has 1 heterocycles. The Kier molecular flexibility index (Phi) is 3.02. The number of benzene rings is 1. The van der Waals surface area contributed by atoms with E-state index in [2.05, 4.69) is 10.3 Å². The van der Waals surface area contributed by atoms with Crippen molar-refractivity contribution in [3.8, 4) is 0 Å². The van der Waals surface area contributed by atoms with Crippen molar-refractivity contribution in [1.29, 1.82) is 0 Å². The van der Waals surface area contributed by atoms with Gasteiger partial charge in [-0.2, -0.15) is 13.2 Å². The quantitative estimate of drug-likeness (QED) is 0.852. The molecule has 0 aliphatic rings. The minimum atomic E-state index is -4.43. The summed E-state index contributed by atoms with van der Waals surface area (Å²) in [5.41, 5.74) is -0.318. The van der Waals surface area contributed by atoms with Crippen LogP contribution in [0.1, 0.15) is 23.0 Å². The molecule has 2 aromatic rings. The molecule has 0 bridgehead atoms. The number of carbonyl (C=O) groups is 1. The van der Waals surface area contributed by atoms with Crippen molar-refractivity contribution in [2.75, 3.05) is 6.54 Å². The molecule has 0 atom stereocenters. The number of amides is 1. The Morgan fingerprint density at radius 3 is 2.72 bits per heavy atom. The number of halogens is 3. The number of fused-ring (bicyclic) bond motifs is 1. The van der Waals surface area contributed by atoms with Crippen LogP contribution in [0.15, 0.2) is 24.3 Å². The fourth-order valence-electron chi connectivity index (χ4n) is 1.78. The Hall–Kier alpha value is -1.98. The third-order valence-corrected chi connectivity index (χ3v) is 2.55. The van der Waals surface area contributed by atoms with Crippen molar-refractivity contribution in [3.05, 3.63) is 35.5 Å². The molecule has 1 aromatic carbocycles. The minimum absolute atomic E-state index is 0.00579. The largest absolute Gasteiger partial charge is 0.417 e. The maximum Gasteiger partial charge on any atom is 0.417 e. The molecule has 0 fully saturated rings. The maximum absolute atomic E-state index is 12.8. The molecule has 3 nitrogen and oxygen atoms in total. The lowest BCUT2D eigenvalue weighted by Gasteiger charge is -2.06. The Bertz CT molecular complexity index is 587. The van der Waals surface area contributed by atoms with Gasteiger partial charge in [0, 0.05) is 17.4 Å². The van der Waals surface area contributed by atoms with Crippen LogP contribution in [0.4, 0.5) is 13.2 Å². The molecule has 1 amide bonds. The molecule has 0 aliphatic carbocycles. The van der Waals surface area contributed by atoms with Gasteiger partial charge >= 0.3 is 6.18 Å². The molecular formula is C12H11F3N2O.